The standard InChI is InChI=1S/C16H25NO2/c1-16(2,3)19-15(18)12-8-5-9-13-17-14-10-6-4-7-11-14/h4,6-7,10-11,17H,5,8-9,12-13H2,1-3H3. The lowest BCUT2D eigenvalue weighted by atomic mass is 10.1. The molecule has 0 fully saturated rings. The topological polar surface area (TPSA) is 38.3 Å². The van der Waals surface area contributed by atoms with Crippen molar-refractivity contribution in [3.8, 4) is 0 Å². The van der Waals surface area contributed by atoms with Gasteiger partial charge in [0.2, 0.25) is 0 Å². The van der Waals surface area contributed by atoms with E-state index in [-0.39, 0.29) is 11.6 Å². The van der Waals surface area contributed by atoms with Crippen LogP contribution in [0.25, 0.3) is 0 Å². The van der Waals surface area contributed by atoms with Crippen LogP contribution in [0.4, 0.5) is 5.69 Å². The molecule has 0 atom stereocenters. The summed E-state index contributed by atoms with van der Waals surface area (Å²) in [5, 5.41) is 3.35. The van der Waals surface area contributed by atoms with E-state index in [1.807, 2.05) is 39.0 Å². The van der Waals surface area contributed by atoms with Crippen LogP contribution in [0.5, 0.6) is 0 Å². The largest absolute Gasteiger partial charge is 0.460 e. The van der Waals surface area contributed by atoms with Crippen LogP contribution < -0.4 is 5.32 Å². The Hall–Kier alpha value is -1.51. The molecule has 0 saturated heterocycles. The molecule has 1 N–H and O–H groups in total. The van der Waals surface area contributed by atoms with Gasteiger partial charge in [-0.15, -0.1) is 0 Å². The molecule has 0 amide bonds. The Kier molecular flexibility index (Phi) is 6.40. The van der Waals surface area contributed by atoms with Gasteiger partial charge in [-0.25, -0.2) is 0 Å². The Morgan fingerprint density at radius 2 is 1.79 bits per heavy atom. The number of unbranched alkanes of at least 4 members (excludes halogenated alkanes) is 2. The van der Waals surface area contributed by atoms with Crippen LogP contribution in [0.15, 0.2) is 30.3 Å². The first-order valence-corrected chi connectivity index (χ1v) is 6.98. The first kappa shape index (κ1) is 15.5. The van der Waals surface area contributed by atoms with E-state index in [2.05, 4.69) is 17.4 Å². The normalized spacial score (nSPS) is 11.1. The number of anilines is 1. The van der Waals surface area contributed by atoms with Gasteiger partial charge in [-0.2, -0.15) is 0 Å². The van der Waals surface area contributed by atoms with Gasteiger partial charge >= 0.3 is 5.97 Å². The SMILES string of the molecule is CC(C)(C)OC(=O)CCCCCNc1ccccc1. The minimum atomic E-state index is -0.369. The van der Waals surface area contributed by atoms with Gasteiger partial charge in [-0.05, 0) is 45.7 Å². The van der Waals surface area contributed by atoms with E-state index in [1.165, 1.54) is 0 Å². The summed E-state index contributed by atoms with van der Waals surface area (Å²) in [6, 6.07) is 10.2. The molecule has 0 aliphatic heterocycles. The van der Waals surface area contributed by atoms with Gasteiger partial charge in [0.25, 0.3) is 0 Å². The molecular weight excluding hydrogens is 238 g/mol. The predicted molar refractivity (Wildman–Crippen MR) is 79.2 cm³/mol. The van der Waals surface area contributed by atoms with Crippen LogP contribution >= 0.6 is 0 Å². The number of hydrogen-bond acceptors (Lipinski definition) is 3. The molecular formula is C16H25NO2. The number of ether oxygens (including phenoxy) is 1. The van der Waals surface area contributed by atoms with Crippen LogP contribution in [0.2, 0.25) is 0 Å². The molecule has 0 spiro atoms. The van der Waals surface area contributed by atoms with Crippen LogP contribution in [0.3, 0.4) is 0 Å². The number of nitrogens with one attached hydrogen (secondary N) is 1. The van der Waals surface area contributed by atoms with Gasteiger partial charge in [-0.3, -0.25) is 4.79 Å². The van der Waals surface area contributed by atoms with E-state index >= 15 is 0 Å². The summed E-state index contributed by atoms with van der Waals surface area (Å²) in [4.78, 5) is 11.5. The van der Waals surface area contributed by atoms with Gasteiger partial charge in [0.15, 0.2) is 0 Å². The maximum atomic E-state index is 11.5. The van der Waals surface area contributed by atoms with E-state index in [9.17, 15) is 4.79 Å². The molecule has 0 bridgehead atoms. The van der Waals surface area contributed by atoms with E-state index in [1.54, 1.807) is 0 Å². The first-order valence-electron chi connectivity index (χ1n) is 6.98. The Balaban J connectivity index is 2.01. The molecule has 0 unspecified atom stereocenters. The lowest BCUT2D eigenvalue weighted by Gasteiger charge is -2.19. The summed E-state index contributed by atoms with van der Waals surface area (Å²) >= 11 is 0. The number of hydrogen-bond donors (Lipinski definition) is 1. The Morgan fingerprint density at radius 3 is 2.42 bits per heavy atom. The van der Waals surface area contributed by atoms with Crippen LogP contribution in [-0.4, -0.2) is 18.1 Å². The third-order valence-electron chi connectivity index (χ3n) is 2.58. The van der Waals surface area contributed by atoms with Gasteiger partial charge < -0.3 is 10.1 Å². The number of carbonyl (C=O) groups is 1. The van der Waals surface area contributed by atoms with Crippen molar-refractivity contribution >= 4 is 11.7 Å². The van der Waals surface area contributed by atoms with Crippen molar-refractivity contribution in [1.29, 1.82) is 0 Å². The molecule has 0 saturated carbocycles. The lowest BCUT2D eigenvalue weighted by Crippen LogP contribution is -2.23. The highest BCUT2D eigenvalue weighted by molar-refractivity contribution is 5.69. The zero-order chi connectivity index (χ0) is 14.1. The molecule has 0 aromatic heterocycles. The minimum Gasteiger partial charge on any atom is -0.460 e. The molecule has 1 rings (SSSR count). The van der Waals surface area contributed by atoms with E-state index < -0.39 is 0 Å². The molecule has 1 aromatic carbocycles. The highest BCUT2D eigenvalue weighted by atomic mass is 16.6. The highest BCUT2D eigenvalue weighted by Gasteiger charge is 2.15. The van der Waals surface area contributed by atoms with Crippen molar-refractivity contribution < 1.29 is 9.53 Å². The number of esters is 1. The van der Waals surface area contributed by atoms with Crippen LogP contribution in [0.1, 0.15) is 46.5 Å². The number of carbonyl (C=O) groups excluding carboxylic acids is 1. The third-order valence-corrected chi connectivity index (χ3v) is 2.58. The van der Waals surface area contributed by atoms with E-state index in [0.717, 1.165) is 31.5 Å². The van der Waals surface area contributed by atoms with Gasteiger partial charge in [-0.1, -0.05) is 24.6 Å². The van der Waals surface area contributed by atoms with Crippen molar-refractivity contribution in [2.45, 2.75) is 52.1 Å². The van der Waals surface area contributed by atoms with Gasteiger partial charge in [0, 0.05) is 18.7 Å². The quantitative estimate of drug-likeness (QED) is 0.597. The molecule has 3 heteroatoms. The van der Waals surface area contributed by atoms with E-state index in [4.69, 9.17) is 4.74 Å². The lowest BCUT2D eigenvalue weighted by molar-refractivity contribution is -0.154. The fourth-order valence-electron chi connectivity index (χ4n) is 1.75. The Labute approximate surface area is 116 Å². The second kappa shape index (κ2) is 7.82. The summed E-state index contributed by atoms with van der Waals surface area (Å²) in [5.74, 6) is -0.0940. The maximum Gasteiger partial charge on any atom is 0.306 e. The molecule has 0 radical (unpaired) electrons. The fraction of sp³-hybridized carbons (Fsp3) is 0.562. The Morgan fingerprint density at radius 1 is 1.11 bits per heavy atom. The molecule has 19 heavy (non-hydrogen) atoms. The molecule has 0 aliphatic rings. The molecule has 1 aromatic rings. The second-order valence-electron chi connectivity index (χ2n) is 5.69. The van der Waals surface area contributed by atoms with Gasteiger partial charge in [0.1, 0.15) is 5.60 Å². The van der Waals surface area contributed by atoms with Crippen molar-refractivity contribution in [2.24, 2.45) is 0 Å². The van der Waals surface area contributed by atoms with E-state index in [0.29, 0.717) is 6.42 Å². The smallest absolute Gasteiger partial charge is 0.306 e. The van der Waals surface area contributed by atoms with Crippen LogP contribution in [0, 0.1) is 0 Å². The first-order chi connectivity index (χ1) is 8.97. The fourth-order valence-corrected chi connectivity index (χ4v) is 1.75. The monoisotopic (exact) mass is 263 g/mol. The minimum absolute atomic E-state index is 0.0940. The molecule has 0 heterocycles. The number of rotatable bonds is 7. The number of benzene rings is 1. The molecule has 0 aliphatic carbocycles. The summed E-state index contributed by atoms with van der Waals surface area (Å²) in [6.07, 6.45) is 3.52. The zero-order valence-electron chi connectivity index (χ0n) is 12.2. The van der Waals surface area contributed by atoms with Crippen molar-refractivity contribution in [2.75, 3.05) is 11.9 Å². The van der Waals surface area contributed by atoms with Crippen LogP contribution in [-0.2, 0) is 9.53 Å². The average Bonchev–Trinajstić information content (AvgIpc) is 2.32. The predicted octanol–water partition coefficient (Wildman–Crippen LogP) is 4.00. The Bertz CT molecular complexity index is 368. The highest BCUT2D eigenvalue weighted by Crippen LogP contribution is 2.11. The summed E-state index contributed by atoms with van der Waals surface area (Å²) < 4.78 is 5.26. The van der Waals surface area contributed by atoms with Crippen molar-refractivity contribution in [3.63, 3.8) is 0 Å². The summed E-state index contributed by atoms with van der Waals surface area (Å²) in [6.45, 7) is 6.64. The molecule has 3 nitrogen and oxygen atoms in total. The second-order valence-corrected chi connectivity index (χ2v) is 5.69. The summed E-state index contributed by atoms with van der Waals surface area (Å²) in [5.41, 5.74) is 0.779. The average molecular weight is 263 g/mol. The third kappa shape index (κ3) is 8.25. The van der Waals surface area contributed by atoms with Gasteiger partial charge in [0.05, 0.1) is 0 Å². The van der Waals surface area contributed by atoms with Crippen molar-refractivity contribution in [1.82, 2.24) is 0 Å². The van der Waals surface area contributed by atoms with Crippen molar-refractivity contribution in [3.05, 3.63) is 30.3 Å². The number of para-hydroxylation sites is 1. The summed E-state index contributed by atoms with van der Waals surface area (Å²) in [7, 11) is 0. The zero-order valence-corrected chi connectivity index (χ0v) is 12.2. The molecule has 106 valence electrons. The maximum absolute atomic E-state index is 11.5.